The number of anilines is 3. The van der Waals surface area contributed by atoms with Crippen LogP contribution in [0.4, 0.5) is 22.2 Å². The highest BCUT2D eigenvalue weighted by Crippen LogP contribution is 2.29. The summed E-state index contributed by atoms with van der Waals surface area (Å²) in [6, 6.07) is 18.7. The Hall–Kier alpha value is -4.34. The van der Waals surface area contributed by atoms with Crippen LogP contribution in [0.2, 0.25) is 0 Å². The minimum absolute atomic E-state index is 0.212. The number of fused-ring (bicyclic) bond motifs is 1. The van der Waals surface area contributed by atoms with Gasteiger partial charge in [0.15, 0.2) is 5.13 Å². The van der Waals surface area contributed by atoms with Crippen molar-refractivity contribution in [3.05, 3.63) is 89.6 Å². The van der Waals surface area contributed by atoms with Gasteiger partial charge in [-0.25, -0.2) is 9.97 Å². The smallest absolute Gasteiger partial charge is 0.255 e. The summed E-state index contributed by atoms with van der Waals surface area (Å²) >= 11 is 1.51. The number of benzene rings is 2. The van der Waals surface area contributed by atoms with Crippen molar-refractivity contribution >= 4 is 51.8 Å². The number of aromatic nitrogens is 3. The third-order valence-electron chi connectivity index (χ3n) is 5.56. The maximum atomic E-state index is 12.7. The molecule has 0 aliphatic heterocycles. The normalized spacial score (nSPS) is 11.1. The van der Waals surface area contributed by atoms with Crippen LogP contribution in [0.1, 0.15) is 15.9 Å². The monoisotopic (exact) mass is 495 g/mol. The summed E-state index contributed by atoms with van der Waals surface area (Å²) in [4.78, 5) is 28.0. The predicted octanol–water partition coefficient (Wildman–Crippen LogP) is 5.85. The van der Waals surface area contributed by atoms with E-state index < -0.39 is 0 Å². The lowest BCUT2D eigenvalue weighted by molar-refractivity contribution is 0.102. The van der Waals surface area contributed by atoms with E-state index in [4.69, 9.17) is 4.98 Å². The van der Waals surface area contributed by atoms with Gasteiger partial charge in [0, 0.05) is 29.4 Å². The van der Waals surface area contributed by atoms with E-state index in [2.05, 4.69) is 58.5 Å². The van der Waals surface area contributed by atoms with Crippen LogP contribution in [0.25, 0.3) is 17.0 Å². The molecule has 1 amide bonds. The van der Waals surface area contributed by atoms with Crippen LogP contribution in [-0.4, -0.2) is 46.0 Å². The summed E-state index contributed by atoms with van der Waals surface area (Å²) < 4.78 is 2.05. The van der Waals surface area contributed by atoms with Crippen molar-refractivity contribution in [2.45, 2.75) is 6.54 Å². The molecule has 0 atom stereocenters. The SMILES string of the molecule is C=Nc1ccccc1NC(=O)c1ccc(Nc2nc(-c3cnc4cc(CN(C)C)ccn34)cs2)cc1. The fourth-order valence-electron chi connectivity index (χ4n) is 3.86. The van der Waals surface area contributed by atoms with Gasteiger partial charge in [-0.1, -0.05) is 12.1 Å². The zero-order valence-corrected chi connectivity index (χ0v) is 20.8. The Kier molecular flexibility index (Phi) is 6.57. The Morgan fingerprint density at radius 1 is 1.14 bits per heavy atom. The summed E-state index contributed by atoms with van der Waals surface area (Å²) in [6.07, 6.45) is 3.89. The molecule has 8 nitrogen and oxygen atoms in total. The predicted molar refractivity (Wildman–Crippen MR) is 147 cm³/mol. The van der Waals surface area contributed by atoms with Gasteiger partial charge in [0.25, 0.3) is 5.91 Å². The summed E-state index contributed by atoms with van der Waals surface area (Å²) in [5.41, 5.74) is 6.52. The van der Waals surface area contributed by atoms with E-state index in [1.807, 2.05) is 46.4 Å². The topological polar surface area (TPSA) is 86.9 Å². The van der Waals surface area contributed by atoms with E-state index in [1.54, 1.807) is 24.3 Å². The third-order valence-corrected chi connectivity index (χ3v) is 6.32. The lowest BCUT2D eigenvalue weighted by atomic mass is 10.2. The highest BCUT2D eigenvalue weighted by molar-refractivity contribution is 7.14. The fourth-order valence-corrected chi connectivity index (χ4v) is 4.59. The van der Waals surface area contributed by atoms with Crippen molar-refractivity contribution in [2.75, 3.05) is 24.7 Å². The van der Waals surface area contributed by atoms with E-state index in [1.165, 1.54) is 16.9 Å². The van der Waals surface area contributed by atoms with Crippen molar-refractivity contribution in [3.8, 4) is 11.4 Å². The standard InChI is InChI=1S/C27H25N7OS/c1-28-21-6-4-5-7-22(21)31-26(35)19-8-10-20(11-9-19)30-27-32-23(17-36-27)24-15-29-25-14-18(16-33(2)3)12-13-34(24)25/h4-15,17H,1,16H2,2-3H3,(H,30,32)(H,31,35). The van der Waals surface area contributed by atoms with Crippen molar-refractivity contribution in [3.63, 3.8) is 0 Å². The van der Waals surface area contributed by atoms with Gasteiger partial charge in [-0.05, 0) is 74.9 Å². The third kappa shape index (κ3) is 5.02. The molecule has 0 aliphatic rings. The molecule has 36 heavy (non-hydrogen) atoms. The number of rotatable bonds is 8. The van der Waals surface area contributed by atoms with Gasteiger partial charge in [0.05, 0.1) is 23.3 Å². The van der Waals surface area contributed by atoms with Crippen molar-refractivity contribution in [2.24, 2.45) is 4.99 Å². The molecule has 0 unspecified atom stereocenters. The molecule has 0 saturated carbocycles. The van der Waals surface area contributed by atoms with E-state index >= 15 is 0 Å². The van der Waals surface area contributed by atoms with Crippen molar-refractivity contribution in [1.29, 1.82) is 0 Å². The molecule has 0 bridgehead atoms. The summed E-state index contributed by atoms with van der Waals surface area (Å²) in [6.45, 7) is 4.41. The molecule has 2 N–H and O–H groups in total. The number of imidazole rings is 1. The first-order chi connectivity index (χ1) is 17.5. The maximum Gasteiger partial charge on any atom is 0.255 e. The summed E-state index contributed by atoms with van der Waals surface area (Å²) in [5.74, 6) is -0.212. The van der Waals surface area contributed by atoms with Crippen LogP contribution >= 0.6 is 11.3 Å². The molecule has 9 heteroatoms. The van der Waals surface area contributed by atoms with Gasteiger partial charge in [0.1, 0.15) is 11.3 Å². The van der Waals surface area contributed by atoms with Crippen LogP contribution in [-0.2, 0) is 6.54 Å². The Morgan fingerprint density at radius 2 is 1.94 bits per heavy atom. The quantitative estimate of drug-likeness (QED) is 0.264. The number of amides is 1. The fraction of sp³-hybridized carbons (Fsp3) is 0.111. The first-order valence-electron chi connectivity index (χ1n) is 11.3. The Morgan fingerprint density at radius 3 is 2.72 bits per heavy atom. The van der Waals surface area contributed by atoms with Gasteiger partial charge < -0.3 is 15.5 Å². The van der Waals surface area contributed by atoms with Gasteiger partial charge in [-0.15, -0.1) is 11.3 Å². The van der Waals surface area contributed by atoms with Gasteiger partial charge in [0.2, 0.25) is 0 Å². The van der Waals surface area contributed by atoms with E-state index in [-0.39, 0.29) is 5.91 Å². The van der Waals surface area contributed by atoms with E-state index in [9.17, 15) is 4.79 Å². The van der Waals surface area contributed by atoms with Gasteiger partial charge in [-0.2, -0.15) is 0 Å². The Bertz CT molecular complexity index is 1540. The molecule has 180 valence electrons. The highest BCUT2D eigenvalue weighted by Gasteiger charge is 2.12. The molecule has 5 rings (SSSR count). The summed E-state index contributed by atoms with van der Waals surface area (Å²) in [7, 11) is 4.10. The minimum atomic E-state index is -0.212. The number of para-hydroxylation sites is 2. The molecule has 3 aromatic heterocycles. The molecule has 0 saturated heterocycles. The molecular weight excluding hydrogens is 470 g/mol. The van der Waals surface area contributed by atoms with Crippen LogP contribution in [0.15, 0.2) is 83.4 Å². The molecule has 0 radical (unpaired) electrons. The number of nitrogens with one attached hydrogen (secondary N) is 2. The maximum absolute atomic E-state index is 12.7. The first kappa shape index (κ1) is 23.4. The van der Waals surface area contributed by atoms with Crippen LogP contribution in [0, 0.1) is 0 Å². The molecule has 2 aromatic carbocycles. The van der Waals surface area contributed by atoms with Crippen molar-refractivity contribution < 1.29 is 4.79 Å². The largest absolute Gasteiger partial charge is 0.332 e. The molecule has 5 aromatic rings. The number of thiazole rings is 1. The molecule has 0 spiro atoms. The zero-order valence-electron chi connectivity index (χ0n) is 20.0. The molecule has 0 aliphatic carbocycles. The second-order valence-corrected chi connectivity index (χ2v) is 9.37. The Labute approximate surface area is 213 Å². The number of carbonyl (C=O) groups is 1. The van der Waals surface area contributed by atoms with E-state index in [0.29, 0.717) is 16.9 Å². The average Bonchev–Trinajstić information content (AvgIpc) is 3.51. The van der Waals surface area contributed by atoms with Crippen LogP contribution in [0.3, 0.4) is 0 Å². The molecule has 0 fully saturated rings. The number of hydrogen-bond acceptors (Lipinski definition) is 7. The second kappa shape index (κ2) is 10.1. The number of aliphatic imine (C=N–C) groups is 1. The van der Waals surface area contributed by atoms with Gasteiger partial charge >= 0.3 is 0 Å². The zero-order chi connectivity index (χ0) is 25.1. The van der Waals surface area contributed by atoms with Crippen LogP contribution < -0.4 is 10.6 Å². The lowest BCUT2D eigenvalue weighted by Crippen LogP contribution is -2.11. The number of hydrogen-bond donors (Lipinski definition) is 2. The summed E-state index contributed by atoms with van der Waals surface area (Å²) in [5, 5.41) is 8.96. The second-order valence-electron chi connectivity index (χ2n) is 8.51. The van der Waals surface area contributed by atoms with Crippen molar-refractivity contribution in [1.82, 2.24) is 19.3 Å². The van der Waals surface area contributed by atoms with E-state index in [0.717, 1.165) is 34.4 Å². The number of carbonyl (C=O) groups excluding carboxylic acids is 1. The first-order valence-corrected chi connectivity index (χ1v) is 12.2. The average molecular weight is 496 g/mol. The molecular formula is C27H25N7OS. The number of nitrogens with zero attached hydrogens (tertiary/aromatic N) is 5. The number of pyridine rings is 1. The molecule has 3 heterocycles. The van der Waals surface area contributed by atoms with Gasteiger partial charge in [-0.3, -0.25) is 14.2 Å². The Balaban J connectivity index is 1.27. The van der Waals surface area contributed by atoms with Crippen LogP contribution in [0.5, 0.6) is 0 Å². The highest BCUT2D eigenvalue weighted by atomic mass is 32.1. The minimum Gasteiger partial charge on any atom is -0.332 e. The lowest BCUT2D eigenvalue weighted by Gasteiger charge is -2.09.